The highest BCUT2D eigenvalue weighted by molar-refractivity contribution is 5.98. The monoisotopic (exact) mass is 545 g/mol. The van der Waals surface area contributed by atoms with Crippen LogP contribution in [0.3, 0.4) is 0 Å². The summed E-state index contributed by atoms with van der Waals surface area (Å²) in [7, 11) is 1.27. The molecule has 204 valence electrons. The van der Waals surface area contributed by atoms with Crippen molar-refractivity contribution in [2.45, 2.75) is 37.8 Å². The van der Waals surface area contributed by atoms with Gasteiger partial charge in [-0.25, -0.2) is 9.97 Å². The number of carbonyl (C=O) groups excluding carboxylic acids is 2. The Morgan fingerprint density at radius 3 is 2.47 bits per heavy atom. The topological polar surface area (TPSA) is 124 Å². The number of hydrogen-bond donors (Lipinski definition) is 2. The summed E-state index contributed by atoms with van der Waals surface area (Å²) in [6.45, 7) is 0.959. The minimum Gasteiger partial charge on any atom is -0.494 e. The molecule has 4 rings (SSSR count). The fourth-order valence-electron chi connectivity index (χ4n) is 4.12. The molecule has 1 aliphatic heterocycles. The van der Waals surface area contributed by atoms with Crippen molar-refractivity contribution < 1.29 is 45.1 Å². The van der Waals surface area contributed by atoms with Crippen molar-refractivity contribution in [2.24, 2.45) is 5.73 Å². The Balaban J connectivity index is 1.67. The molecular weight excluding hydrogens is 524 g/mol. The van der Waals surface area contributed by atoms with Crippen LogP contribution in [-0.4, -0.2) is 59.1 Å². The minimum absolute atomic E-state index is 0.0532. The van der Waals surface area contributed by atoms with Crippen LogP contribution >= 0.6 is 0 Å². The van der Waals surface area contributed by atoms with E-state index in [9.17, 15) is 35.9 Å². The summed E-state index contributed by atoms with van der Waals surface area (Å²) < 4.78 is 88.7. The van der Waals surface area contributed by atoms with Crippen LogP contribution < -0.4 is 15.8 Å². The molecule has 3 aromatic rings. The summed E-state index contributed by atoms with van der Waals surface area (Å²) in [5.41, 5.74) is 4.63. The summed E-state index contributed by atoms with van der Waals surface area (Å²) in [5, 5.41) is 2.73. The van der Waals surface area contributed by atoms with E-state index in [-0.39, 0.29) is 59.1 Å². The van der Waals surface area contributed by atoms with Gasteiger partial charge >= 0.3 is 18.3 Å². The molecule has 0 aliphatic carbocycles. The summed E-state index contributed by atoms with van der Waals surface area (Å²) in [5.74, 6) is -2.93. The van der Waals surface area contributed by atoms with Gasteiger partial charge in [-0.15, -0.1) is 0 Å². The number of nitrogens with two attached hydrogens (primary N) is 1. The number of aromatic nitrogens is 2. The first-order valence-electron chi connectivity index (χ1n) is 11.2. The van der Waals surface area contributed by atoms with Gasteiger partial charge in [0.25, 0.3) is 5.91 Å². The van der Waals surface area contributed by atoms with Crippen LogP contribution in [0.5, 0.6) is 5.75 Å². The zero-order chi connectivity index (χ0) is 28.0. The molecule has 3 heterocycles. The number of ether oxygens (including phenoxy) is 1. The van der Waals surface area contributed by atoms with Gasteiger partial charge < -0.3 is 25.1 Å². The molecule has 0 unspecified atom stereocenters. The zero-order valence-electron chi connectivity index (χ0n) is 19.9. The third-order valence-corrected chi connectivity index (χ3v) is 5.90. The van der Waals surface area contributed by atoms with Crippen LogP contribution in [0.15, 0.2) is 28.7 Å². The average Bonchev–Trinajstić information content (AvgIpc) is 3.49. The summed E-state index contributed by atoms with van der Waals surface area (Å²) in [6.07, 6.45) is -9.65. The van der Waals surface area contributed by atoms with E-state index in [2.05, 4.69) is 15.3 Å². The third-order valence-electron chi connectivity index (χ3n) is 5.90. The molecule has 0 saturated carbocycles. The van der Waals surface area contributed by atoms with E-state index >= 15 is 0 Å². The number of amides is 2. The van der Waals surface area contributed by atoms with E-state index < -0.39 is 41.9 Å². The molecular formula is C23H21F6N5O4. The first kappa shape index (κ1) is 27.2. The molecule has 1 saturated heterocycles. The summed E-state index contributed by atoms with van der Waals surface area (Å²) in [4.78, 5) is 32.9. The van der Waals surface area contributed by atoms with Crippen molar-refractivity contribution in [1.29, 1.82) is 0 Å². The maximum absolute atomic E-state index is 13.2. The SMILES string of the molecule is COc1ccc(-c2nc(C(=O)N[C@H]3CCN(C(=O)C(F)(F)F)C3)c([C@H](C)N)o2)c2ccc(C(F)(F)F)nc12. The lowest BCUT2D eigenvalue weighted by Crippen LogP contribution is -2.43. The smallest absolute Gasteiger partial charge is 0.471 e. The molecule has 0 bridgehead atoms. The summed E-state index contributed by atoms with van der Waals surface area (Å²) in [6, 6.07) is 3.16. The van der Waals surface area contributed by atoms with Crippen molar-refractivity contribution in [3.8, 4) is 17.2 Å². The number of benzene rings is 1. The van der Waals surface area contributed by atoms with E-state index in [1.807, 2.05) is 0 Å². The number of methoxy groups -OCH3 is 1. The van der Waals surface area contributed by atoms with Gasteiger partial charge in [0.1, 0.15) is 17.0 Å². The molecule has 2 aromatic heterocycles. The van der Waals surface area contributed by atoms with Crippen LogP contribution in [0, 0.1) is 0 Å². The predicted molar refractivity (Wildman–Crippen MR) is 120 cm³/mol. The minimum atomic E-state index is -5.03. The van der Waals surface area contributed by atoms with Crippen molar-refractivity contribution in [1.82, 2.24) is 20.2 Å². The molecule has 9 nitrogen and oxygen atoms in total. The second-order valence-corrected chi connectivity index (χ2v) is 8.63. The molecule has 3 N–H and O–H groups in total. The number of rotatable bonds is 5. The Morgan fingerprint density at radius 2 is 1.87 bits per heavy atom. The second-order valence-electron chi connectivity index (χ2n) is 8.63. The maximum Gasteiger partial charge on any atom is 0.471 e. The van der Waals surface area contributed by atoms with Crippen molar-refractivity contribution >= 4 is 22.7 Å². The number of likely N-dealkylation sites (tertiary alicyclic amines) is 1. The largest absolute Gasteiger partial charge is 0.494 e. The zero-order valence-corrected chi connectivity index (χ0v) is 19.9. The van der Waals surface area contributed by atoms with Gasteiger partial charge in [-0.05, 0) is 37.6 Å². The molecule has 1 aliphatic rings. The number of fused-ring (bicyclic) bond motifs is 1. The van der Waals surface area contributed by atoms with Crippen LogP contribution in [-0.2, 0) is 11.0 Å². The molecule has 2 amide bonds. The van der Waals surface area contributed by atoms with E-state index in [4.69, 9.17) is 14.9 Å². The van der Waals surface area contributed by atoms with Crippen LogP contribution in [0.1, 0.15) is 41.3 Å². The number of alkyl halides is 6. The molecule has 15 heteroatoms. The highest BCUT2D eigenvalue weighted by Gasteiger charge is 2.45. The van der Waals surface area contributed by atoms with Gasteiger partial charge in [0.05, 0.1) is 13.2 Å². The van der Waals surface area contributed by atoms with Crippen molar-refractivity contribution in [3.05, 3.63) is 41.4 Å². The number of nitrogens with one attached hydrogen (secondary N) is 1. The second kappa shape index (κ2) is 9.78. The van der Waals surface area contributed by atoms with Crippen LogP contribution in [0.25, 0.3) is 22.4 Å². The van der Waals surface area contributed by atoms with E-state index in [1.165, 1.54) is 32.2 Å². The molecule has 1 fully saturated rings. The normalized spacial score (nSPS) is 17.1. The van der Waals surface area contributed by atoms with Crippen LogP contribution in [0.2, 0.25) is 0 Å². The van der Waals surface area contributed by atoms with E-state index in [0.29, 0.717) is 4.90 Å². The lowest BCUT2D eigenvalue weighted by atomic mass is 10.1. The molecule has 2 atom stereocenters. The first-order chi connectivity index (χ1) is 17.7. The Kier molecular flexibility index (Phi) is 6.99. The number of oxazole rings is 1. The quantitative estimate of drug-likeness (QED) is 0.467. The lowest BCUT2D eigenvalue weighted by Gasteiger charge is -2.18. The van der Waals surface area contributed by atoms with Crippen molar-refractivity contribution in [2.75, 3.05) is 20.2 Å². The number of pyridine rings is 1. The standard InChI is InChI=1S/C23H21F6N5O4/c1-10(30)18-17(19(35)31-11-7-8-34(9-11)21(36)23(27,28)29)33-20(38-18)13-3-5-14(37-2)16-12(13)4-6-15(32-16)22(24,25)26/h3-6,10-11H,7-9,30H2,1-2H3,(H,31,35)/t10-,11-/m0/s1. The first-order valence-corrected chi connectivity index (χ1v) is 11.2. The predicted octanol–water partition coefficient (Wildman–Crippen LogP) is 3.83. The lowest BCUT2D eigenvalue weighted by molar-refractivity contribution is -0.184. The number of hydrogen-bond acceptors (Lipinski definition) is 7. The van der Waals surface area contributed by atoms with Crippen molar-refractivity contribution in [3.63, 3.8) is 0 Å². The van der Waals surface area contributed by atoms with Crippen LogP contribution in [0.4, 0.5) is 26.3 Å². The van der Waals surface area contributed by atoms with Gasteiger partial charge in [-0.1, -0.05) is 0 Å². The van der Waals surface area contributed by atoms with Gasteiger partial charge in [0, 0.05) is 30.1 Å². The Labute approximate surface area is 210 Å². The summed E-state index contributed by atoms with van der Waals surface area (Å²) >= 11 is 0. The molecule has 0 radical (unpaired) electrons. The van der Waals surface area contributed by atoms with Gasteiger partial charge in [-0.3, -0.25) is 9.59 Å². The Morgan fingerprint density at radius 1 is 1.16 bits per heavy atom. The fourth-order valence-corrected chi connectivity index (χ4v) is 4.12. The van der Waals surface area contributed by atoms with E-state index in [0.717, 1.165) is 6.07 Å². The third kappa shape index (κ3) is 5.23. The highest BCUT2D eigenvalue weighted by Crippen LogP contribution is 2.37. The van der Waals surface area contributed by atoms with E-state index in [1.54, 1.807) is 0 Å². The Hall–Kier alpha value is -3.88. The van der Waals surface area contributed by atoms with Gasteiger partial charge in [0.15, 0.2) is 11.5 Å². The van der Waals surface area contributed by atoms with Gasteiger partial charge in [-0.2, -0.15) is 26.3 Å². The molecule has 38 heavy (non-hydrogen) atoms. The van der Waals surface area contributed by atoms with Gasteiger partial charge in [0.2, 0.25) is 5.89 Å². The number of nitrogens with zero attached hydrogens (tertiary/aromatic N) is 3. The highest BCUT2D eigenvalue weighted by atomic mass is 19.4. The maximum atomic E-state index is 13.2. The number of carbonyl (C=O) groups is 2. The average molecular weight is 545 g/mol. The number of halogens is 6. The molecule has 1 aromatic carbocycles. The fraction of sp³-hybridized carbons (Fsp3) is 0.391. The molecule has 0 spiro atoms. The Bertz CT molecular complexity index is 1390.